The highest BCUT2D eigenvalue weighted by atomic mass is 35.5. The maximum absolute atomic E-state index is 12.4. The summed E-state index contributed by atoms with van der Waals surface area (Å²) in [6, 6.07) is 14.7. The van der Waals surface area contributed by atoms with Crippen LogP contribution in [-0.2, 0) is 4.79 Å². The number of anilines is 2. The van der Waals surface area contributed by atoms with Gasteiger partial charge < -0.3 is 4.90 Å². The van der Waals surface area contributed by atoms with Crippen LogP contribution in [-0.4, -0.2) is 28.6 Å². The minimum Gasteiger partial charge on any atom is -0.312 e. The standard InChI is InChI=1S/C20H17ClN4O2S/c1-12-6-8-14(9-7-12)25-11-13(10-17(25)26)19-23-24-20(28-19)22-18(27)15-4-2-3-5-16(15)21/h2-9,13H,10-11H2,1H3,(H,22,24,27)/t13-/m1/s1. The molecule has 1 fully saturated rings. The molecule has 0 aliphatic carbocycles. The number of carbonyl (C=O) groups excluding carboxylic acids is 2. The third kappa shape index (κ3) is 3.76. The summed E-state index contributed by atoms with van der Waals surface area (Å²) in [6.45, 7) is 2.56. The quantitative estimate of drug-likeness (QED) is 0.694. The summed E-state index contributed by atoms with van der Waals surface area (Å²) in [4.78, 5) is 26.6. The smallest absolute Gasteiger partial charge is 0.259 e. The molecule has 0 spiro atoms. The van der Waals surface area contributed by atoms with Gasteiger partial charge in [-0.15, -0.1) is 10.2 Å². The van der Waals surface area contributed by atoms with Crippen molar-refractivity contribution in [2.45, 2.75) is 19.3 Å². The van der Waals surface area contributed by atoms with Gasteiger partial charge in [-0.05, 0) is 31.2 Å². The number of aryl methyl sites for hydroxylation is 1. The fourth-order valence-corrected chi connectivity index (χ4v) is 4.16. The van der Waals surface area contributed by atoms with E-state index in [9.17, 15) is 9.59 Å². The summed E-state index contributed by atoms with van der Waals surface area (Å²) in [5, 5.41) is 12.5. The number of rotatable bonds is 4. The zero-order valence-corrected chi connectivity index (χ0v) is 16.6. The zero-order valence-electron chi connectivity index (χ0n) is 15.1. The highest BCUT2D eigenvalue weighted by Gasteiger charge is 2.34. The van der Waals surface area contributed by atoms with Gasteiger partial charge >= 0.3 is 0 Å². The second-order valence-electron chi connectivity index (χ2n) is 6.62. The molecule has 1 aliphatic rings. The van der Waals surface area contributed by atoms with Crippen LogP contribution in [0.4, 0.5) is 10.8 Å². The average molecular weight is 413 g/mol. The first kappa shape index (κ1) is 18.6. The molecule has 1 N–H and O–H groups in total. The van der Waals surface area contributed by atoms with Crippen LogP contribution in [0, 0.1) is 6.92 Å². The molecule has 1 aliphatic heterocycles. The molecule has 8 heteroatoms. The molecule has 0 bridgehead atoms. The zero-order chi connectivity index (χ0) is 19.7. The Morgan fingerprint density at radius 1 is 1.18 bits per heavy atom. The van der Waals surface area contributed by atoms with Gasteiger partial charge in [-0.1, -0.05) is 52.8 Å². The van der Waals surface area contributed by atoms with Crippen molar-refractivity contribution in [1.29, 1.82) is 0 Å². The molecule has 0 unspecified atom stereocenters. The Labute approximate surface area is 171 Å². The lowest BCUT2D eigenvalue weighted by atomic mass is 10.1. The van der Waals surface area contributed by atoms with Gasteiger partial charge in [-0.25, -0.2) is 0 Å². The molecule has 6 nitrogen and oxygen atoms in total. The lowest BCUT2D eigenvalue weighted by Gasteiger charge is -2.16. The van der Waals surface area contributed by atoms with E-state index in [1.165, 1.54) is 11.3 Å². The number of amides is 2. The fourth-order valence-electron chi connectivity index (χ4n) is 3.11. The molecule has 1 atom stereocenters. The van der Waals surface area contributed by atoms with Crippen LogP contribution in [0.25, 0.3) is 0 Å². The Hall–Kier alpha value is -2.77. The monoisotopic (exact) mass is 412 g/mol. The molecule has 2 aromatic carbocycles. The van der Waals surface area contributed by atoms with E-state index in [4.69, 9.17) is 11.6 Å². The fraction of sp³-hybridized carbons (Fsp3) is 0.200. The molecular formula is C20H17ClN4O2S. The van der Waals surface area contributed by atoms with Crippen LogP contribution >= 0.6 is 22.9 Å². The minimum atomic E-state index is -0.336. The first-order valence-electron chi connectivity index (χ1n) is 8.77. The molecule has 3 aromatic rings. The second-order valence-corrected chi connectivity index (χ2v) is 8.04. The maximum Gasteiger partial charge on any atom is 0.259 e. The highest BCUT2D eigenvalue weighted by molar-refractivity contribution is 7.15. The van der Waals surface area contributed by atoms with Gasteiger partial charge in [0.1, 0.15) is 5.01 Å². The van der Waals surface area contributed by atoms with E-state index < -0.39 is 0 Å². The Bertz CT molecular complexity index is 1030. The van der Waals surface area contributed by atoms with Gasteiger partial charge in [-0.3, -0.25) is 14.9 Å². The summed E-state index contributed by atoms with van der Waals surface area (Å²) >= 11 is 7.34. The summed E-state index contributed by atoms with van der Waals surface area (Å²) in [5.41, 5.74) is 2.41. The van der Waals surface area contributed by atoms with Crippen LogP contribution in [0.5, 0.6) is 0 Å². The number of halogens is 1. The molecule has 0 saturated carbocycles. The van der Waals surface area contributed by atoms with Crippen molar-refractivity contribution in [3.63, 3.8) is 0 Å². The summed E-state index contributed by atoms with van der Waals surface area (Å²) < 4.78 is 0. The van der Waals surface area contributed by atoms with E-state index in [1.54, 1.807) is 29.2 Å². The van der Waals surface area contributed by atoms with E-state index >= 15 is 0 Å². The number of carbonyl (C=O) groups is 2. The number of hydrogen-bond donors (Lipinski definition) is 1. The first-order chi connectivity index (χ1) is 13.5. The number of nitrogens with zero attached hydrogens (tertiary/aromatic N) is 3. The summed E-state index contributed by atoms with van der Waals surface area (Å²) in [7, 11) is 0. The van der Waals surface area contributed by atoms with Crippen LogP contribution in [0.3, 0.4) is 0 Å². The number of hydrogen-bond acceptors (Lipinski definition) is 5. The Kier molecular flexibility index (Phi) is 5.11. The Morgan fingerprint density at radius 2 is 1.93 bits per heavy atom. The van der Waals surface area contributed by atoms with Crippen LogP contribution < -0.4 is 10.2 Å². The van der Waals surface area contributed by atoms with Crippen molar-refractivity contribution < 1.29 is 9.59 Å². The van der Waals surface area contributed by atoms with Gasteiger partial charge in [0, 0.05) is 24.6 Å². The maximum atomic E-state index is 12.4. The average Bonchev–Trinajstić information content (AvgIpc) is 3.29. The summed E-state index contributed by atoms with van der Waals surface area (Å²) in [5.74, 6) is -0.319. The van der Waals surface area contributed by atoms with Crippen LogP contribution in [0.15, 0.2) is 48.5 Å². The van der Waals surface area contributed by atoms with Crippen molar-refractivity contribution in [1.82, 2.24) is 10.2 Å². The van der Waals surface area contributed by atoms with E-state index in [1.807, 2.05) is 31.2 Å². The number of aromatic nitrogens is 2. The highest BCUT2D eigenvalue weighted by Crippen LogP contribution is 2.34. The van der Waals surface area contributed by atoms with Crippen molar-refractivity contribution in [2.75, 3.05) is 16.8 Å². The molecule has 0 radical (unpaired) electrons. The third-order valence-electron chi connectivity index (χ3n) is 4.60. The first-order valence-corrected chi connectivity index (χ1v) is 9.97. The van der Waals surface area contributed by atoms with E-state index in [-0.39, 0.29) is 17.7 Å². The van der Waals surface area contributed by atoms with Crippen molar-refractivity contribution in [2.24, 2.45) is 0 Å². The number of benzene rings is 2. The third-order valence-corrected chi connectivity index (χ3v) is 5.93. The van der Waals surface area contributed by atoms with Crippen molar-refractivity contribution in [3.05, 3.63) is 69.7 Å². The van der Waals surface area contributed by atoms with E-state index in [0.717, 1.165) is 16.3 Å². The van der Waals surface area contributed by atoms with Gasteiger partial charge in [0.25, 0.3) is 5.91 Å². The predicted molar refractivity (Wildman–Crippen MR) is 110 cm³/mol. The van der Waals surface area contributed by atoms with Crippen molar-refractivity contribution >= 4 is 45.6 Å². The summed E-state index contributed by atoms with van der Waals surface area (Å²) in [6.07, 6.45) is 0.376. The minimum absolute atomic E-state index is 0.0442. The molecular weight excluding hydrogens is 396 g/mol. The van der Waals surface area contributed by atoms with Gasteiger partial charge in [-0.2, -0.15) is 0 Å². The van der Waals surface area contributed by atoms with Crippen molar-refractivity contribution in [3.8, 4) is 0 Å². The molecule has 28 heavy (non-hydrogen) atoms. The lowest BCUT2D eigenvalue weighted by molar-refractivity contribution is -0.117. The molecule has 2 heterocycles. The largest absolute Gasteiger partial charge is 0.312 e. The molecule has 4 rings (SSSR count). The normalized spacial score (nSPS) is 16.4. The van der Waals surface area contributed by atoms with Gasteiger partial charge in [0.2, 0.25) is 11.0 Å². The SMILES string of the molecule is Cc1ccc(N2C[C@H](c3nnc(NC(=O)c4ccccc4Cl)s3)CC2=O)cc1. The van der Waals surface area contributed by atoms with Gasteiger partial charge in [0.05, 0.1) is 10.6 Å². The Balaban J connectivity index is 1.46. The second kappa shape index (κ2) is 7.69. The lowest BCUT2D eigenvalue weighted by Crippen LogP contribution is -2.24. The molecule has 2 amide bonds. The molecule has 142 valence electrons. The Morgan fingerprint density at radius 3 is 2.68 bits per heavy atom. The topological polar surface area (TPSA) is 75.2 Å². The predicted octanol–water partition coefficient (Wildman–Crippen LogP) is 4.27. The molecule has 1 aromatic heterocycles. The molecule has 1 saturated heterocycles. The van der Waals surface area contributed by atoms with Crippen LogP contribution in [0.1, 0.15) is 33.3 Å². The van der Waals surface area contributed by atoms with E-state index in [2.05, 4.69) is 15.5 Å². The van der Waals surface area contributed by atoms with Crippen LogP contribution in [0.2, 0.25) is 5.02 Å². The van der Waals surface area contributed by atoms with E-state index in [0.29, 0.717) is 28.7 Å². The number of nitrogens with one attached hydrogen (secondary N) is 1. The van der Waals surface area contributed by atoms with Gasteiger partial charge in [0.15, 0.2) is 0 Å².